The average Bonchev–Trinajstić information content (AvgIpc) is 2.79. The molecule has 20 heavy (non-hydrogen) atoms. The number of carbonyl (C=O) groups excluding carboxylic acids is 2. The molecule has 0 saturated heterocycles. The van der Waals surface area contributed by atoms with E-state index in [-0.39, 0.29) is 24.4 Å². The minimum atomic E-state index is -0.661. The fourth-order valence-electron chi connectivity index (χ4n) is 1.66. The van der Waals surface area contributed by atoms with Crippen LogP contribution in [0.1, 0.15) is 33.0 Å². The van der Waals surface area contributed by atoms with Gasteiger partial charge in [-0.05, 0) is 27.2 Å². The zero-order valence-corrected chi connectivity index (χ0v) is 12.9. The Morgan fingerprint density at radius 2 is 2.15 bits per heavy atom. The summed E-state index contributed by atoms with van der Waals surface area (Å²) >= 11 is 5.82. The number of carbonyl (C=O) groups is 2. The van der Waals surface area contributed by atoms with Crippen LogP contribution >= 0.6 is 11.6 Å². The van der Waals surface area contributed by atoms with Gasteiger partial charge in [0.1, 0.15) is 17.7 Å². The highest BCUT2D eigenvalue weighted by molar-refractivity contribution is 6.30. The van der Waals surface area contributed by atoms with Crippen molar-refractivity contribution in [3.63, 3.8) is 0 Å². The fourth-order valence-corrected chi connectivity index (χ4v) is 1.79. The standard InChI is InChI=1S/C13H20ClN3O3/c1-5-8(2)17(13(19)10(4)14)7-12(18)15-11-6-9(3)20-16-11/h6,8,10H,5,7H2,1-4H3,(H,15,16,18). The van der Waals surface area contributed by atoms with Gasteiger partial charge in [-0.1, -0.05) is 12.1 Å². The lowest BCUT2D eigenvalue weighted by atomic mass is 10.2. The van der Waals surface area contributed by atoms with E-state index in [0.717, 1.165) is 6.42 Å². The normalized spacial score (nSPS) is 13.7. The van der Waals surface area contributed by atoms with E-state index in [1.165, 1.54) is 4.90 Å². The molecule has 2 amide bonds. The Bertz CT molecular complexity index is 473. The molecule has 0 spiro atoms. The number of anilines is 1. The molecule has 0 aromatic carbocycles. The number of hydrogen-bond acceptors (Lipinski definition) is 4. The Balaban J connectivity index is 2.69. The van der Waals surface area contributed by atoms with Crippen LogP contribution in [0.2, 0.25) is 0 Å². The summed E-state index contributed by atoms with van der Waals surface area (Å²) in [5.74, 6) is 0.351. The predicted octanol–water partition coefficient (Wildman–Crippen LogP) is 2.18. The number of amides is 2. The largest absolute Gasteiger partial charge is 0.360 e. The van der Waals surface area contributed by atoms with Gasteiger partial charge in [0, 0.05) is 12.1 Å². The van der Waals surface area contributed by atoms with E-state index >= 15 is 0 Å². The van der Waals surface area contributed by atoms with Gasteiger partial charge < -0.3 is 14.7 Å². The average molecular weight is 302 g/mol. The smallest absolute Gasteiger partial charge is 0.245 e. The van der Waals surface area contributed by atoms with Gasteiger partial charge in [-0.2, -0.15) is 0 Å². The lowest BCUT2D eigenvalue weighted by Gasteiger charge is -2.28. The summed E-state index contributed by atoms with van der Waals surface area (Å²) in [6.07, 6.45) is 0.742. The van der Waals surface area contributed by atoms with Gasteiger partial charge in [-0.3, -0.25) is 9.59 Å². The Hall–Kier alpha value is -1.56. The summed E-state index contributed by atoms with van der Waals surface area (Å²) in [4.78, 5) is 25.4. The van der Waals surface area contributed by atoms with Crippen LogP contribution in [0.15, 0.2) is 10.6 Å². The number of rotatable bonds is 6. The van der Waals surface area contributed by atoms with Crippen molar-refractivity contribution in [2.75, 3.05) is 11.9 Å². The number of hydrogen-bond donors (Lipinski definition) is 1. The lowest BCUT2D eigenvalue weighted by Crippen LogP contribution is -2.46. The molecule has 0 fully saturated rings. The molecule has 0 saturated carbocycles. The van der Waals surface area contributed by atoms with Crippen LogP contribution in [0.3, 0.4) is 0 Å². The van der Waals surface area contributed by atoms with Gasteiger partial charge in [0.15, 0.2) is 5.82 Å². The van der Waals surface area contributed by atoms with Crippen LogP contribution in [-0.4, -0.2) is 39.8 Å². The fraction of sp³-hybridized carbons (Fsp3) is 0.615. The van der Waals surface area contributed by atoms with Crippen molar-refractivity contribution >= 4 is 29.2 Å². The molecule has 112 valence electrons. The summed E-state index contributed by atoms with van der Waals surface area (Å²) in [6.45, 7) is 7.09. The van der Waals surface area contributed by atoms with Crippen molar-refractivity contribution in [3.8, 4) is 0 Å². The van der Waals surface area contributed by atoms with Crippen LogP contribution in [0.5, 0.6) is 0 Å². The van der Waals surface area contributed by atoms with Crippen molar-refractivity contribution in [3.05, 3.63) is 11.8 Å². The molecule has 1 aromatic heterocycles. The Kier molecular flexibility index (Phi) is 6.01. The molecule has 1 heterocycles. The van der Waals surface area contributed by atoms with E-state index in [4.69, 9.17) is 16.1 Å². The maximum Gasteiger partial charge on any atom is 0.245 e. The Labute approximate surface area is 123 Å². The van der Waals surface area contributed by atoms with Crippen LogP contribution in [0.4, 0.5) is 5.82 Å². The number of halogens is 1. The number of aromatic nitrogens is 1. The molecule has 1 rings (SSSR count). The summed E-state index contributed by atoms with van der Waals surface area (Å²) < 4.78 is 4.86. The highest BCUT2D eigenvalue weighted by atomic mass is 35.5. The van der Waals surface area contributed by atoms with Gasteiger partial charge in [0.2, 0.25) is 11.8 Å². The van der Waals surface area contributed by atoms with Crippen molar-refractivity contribution in [1.29, 1.82) is 0 Å². The summed E-state index contributed by atoms with van der Waals surface area (Å²) in [7, 11) is 0. The first-order valence-electron chi connectivity index (χ1n) is 6.52. The molecule has 6 nitrogen and oxygen atoms in total. The first kappa shape index (κ1) is 16.5. The minimum Gasteiger partial charge on any atom is -0.360 e. The van der Waals surface area contributed by atoms with Crippen molar-refractivity contribution in [1.82, 2.24) is 10.1 Å². The van der Waals surface area contributed by atoms with Gasteiger partial charge >= 0.3 is 0 Å². The number of alkyl halides is 1. The van der Waals surface area contributed by atoms with E-state index in [0.29, 0.717) is 11.6 Å². The van der Waals surface area contributed by atoms with Crippen molar-refractivity contribution in [2.24, 2.45) is 0 Å². The molecule has 7 heteroatoms. The van der Waals surface area contributed by atoms with Crippen LogP contribution in [0, 0.1) is 6.92 Å². The van der Waals surface area contributed by atoms with Crippen LogP contribution in [-0.2, 0) is 9.59 Å². The molecule has 1 aromatic rings. The summed E-state index contributed by atoms with van der Waals surface area (Å²) in [6, 6.07) is 1.55. The van der Waals surface area contributed by atoms with E-state index in [1.807, 2.05) is 13.8 Å². The molecular weight excluding hydrogens is 282 g/mol. The maximum absolute atomic E-state index is 12.0. The van der Waals surface area contributed by atoms with Gasteiger partial charge in [0.25, 0.3) is 0 Å². The van der Waals surface area contributed by atoms with Gasteiger partial charge in [-0.15, -0.1) is 11.6 Å². The lowest BCUT2D eigenvalue weighted by molar-refractivity contribution is -0.136. The molecule has 1 N–H and O–H groups in total. The van der Waals surface area contributed by atoms with E-state index in [2.05, 4.69) is 10.5 Å². The van der Waals surface area contributed by atoms with Crippen LogP contribution < -0.4 is 5.32 Å². The number of nitrogens with zero attached hydrogens (tertiary/aromatic N) is 2. The highest BCUT2D eigenvalue weighted by Crippen LogP contribution is 2.11. The summed E-state index contributed by atoms with van der Waals surface area (Å²) in [5.41, 5.74) is 0. The third-order valence-corrected chi connectivity index (χ3v) is 3.14. The van der Waals surface area contributed by atoms with Crippen molar-refractivity contribution < 1.29 is 14.1 Å². The molecule has 0 radical (unpaired) electrons. The zero-order valence-electron chi connectivity index (χ0n) is 12.1. The van der Waals surface area contributed by atoms with Gasteiger partial charge in [-0.25, -0.2) is 0 Å². The summed E-state index contributed by atoms with van der Waals surface area (Å²) in [5, 5.41) is 5.60. The zero-order chi connectivity index (χ0) is 15.3. The molecular formula is C13H20ClN3O3. The second kappa shape index (κ2) is 7.28. The molecule has 2 unspecified atom stereocenters. The predicted molar refractivity (Wildman–Crippen MR) is 76.7 cm³/mol. The Morgan fingerprint density at radius 3 is 2.60 bits per heavy atom. The number of nitrogens with one attached hydrogen (secondary N) is 1. The molecule has 0 aliphatic carbocycles. The van der Waals surface area contributed by atoms with Gasteiger partial charge in [0.05, 0.1) is 0 Å². The van der Waals surface area contributed by atoms with E-state index in [9.17, 15) is 9.59 Å². The molecule has 0 aliphatic rings. The SMILES string of the molecule is CCC(C)N(CC(=O)Nc1cc(C)on1)C(=O)C(C)Cl. The Morgan fingerprint density at radius 1 is 1.50 bits per heavy atom. The second-order valence-corrected chi connectivity index (χ2v) is 5.37. The minimum absolute atomic E-state index is 0.0587. The van der Waals surface area contributed by atoms with Crippen molar-refractivity contribution in [2.45, 2.75) is 45.5 Å². The van der Waals surface area contributed by atoms with Crippen LogP contribution in [0.25, 0.3) is 0 Å². The number of aryl methyl sites for hydroxylation is 1. The topological polar surface area (TPSA) is 75.4 Å². The van der Waals surface area contributed by atoms with E-state index < -0.39 is 5.38 Å². The quantitative estimate of drug-likeness (QED) is 0.817. The molecule has 0 bridgehead atoms. The monoisotopic (exact) mass is 301 g/mol. The maximum atomic E-state index is 12.0. The molecule has 0 aliphatic heterocycles. The molecule has 2 atom stereocenters. The first-order chi connectivity index (χ1) is 9.35. The first-order valence-corrected chi connectivity index (χ1v) is 6.96. The highest BCUT2D eigenvalue weighted by Gasteiger charge is 2.25. The second-order valence-electron chi connectivity index (χ2n) is 4.71. The van der Waals surface area contributed by atoms with E-state index in [1.54, 1.807) is 19.9 Å². The third kappa shape index (κ3) is 4.52. The third-order valence-electron chi connectivity index (χ3n) is 2.96.